The Morgan fingerprint density at radius 3 is 0.978 bits per heavy atom. The highest BCUT2D eigenvalue weighted by atomic mass is 16.6. The van der Waals surface area contributed by atoms with Gasteiger partial charge in [0.1, 0.15) is 0 Å². The fourth-order valence-corrected chi connectivity index (χ4v) is 5.69. The number of rotatable bonds is 35. The Bertz CT molecular complexity index is 664. The Morgan fingerprint density at radius 2 is 0.696 bits per heavy atom. The molecule has 0 bridgehead atoms. The monoisotopic (exact) mass is 649 g/mol. The highest BCUT2D eigenvalue weighted by molar-refractivity contribution is 5.70. The Labute approximate surface area is 285 Å². The molecule has 0 amide bonds. The van der Waals surface area contributed by atoms with Gasteiger partial charge in [-0.25, -0.2) is 0 Å². The van der Waals surface area contributed by atoms with Crippen LogP contribution in [0.4, 0.5) is 0 Å². The minimum absolute atomic E-state index is 0.0840. The third kappa shape index (κ3) is 31.0. The lowest BCUT2D eigenvalue weighted by Crippen LogP contribution is -2.44. The van der Waals surface area contributed by atoms with Crippen LogP contribution in [-0.2, 0) is 19.1 Å². The van der Waals surface area contributed by atoms with Crippen molar-refractivity contribution < 1.29 is 19.1 Å². The van der Waals surface area contributed by atoms with E-state index in [9.17, 15) is 9.59 Å². The van der Waals surface area contributed by atoms with Crippen LogP contribution in [0.5, 0.6) is 0 Å². The maximum Gasteiger partial charge on any atom is 0.306 e. The van der Waals surface area contributed by atoms with Crippen molar-refractivity contribution in [1.29, 1.82) is 0 Å². The quantitative estimate of drug-likeness (QED) is 0.0402. The lowest BCUT2D eigenvalue weighted by Gasteiger charge is -2.25. The van der Waals surface area contributed by atoms with E-state index < -0.39 is 12.2 Å². The van der Waals surface area contributed by atoms with E-state index >= 15 is 0 Å². The Morgan fingerprint density at radius 1 is 0.435 bits per heavy atom. The maximum atomic E-state index is 12.4. The van der Waals surface area contributed by atoms with Crippen LogP contribution in [0, 0.1) is 0 Å². The van der Waals surface area contributed by atoms with Crippen LogP contribution in [0.3, 0.4) is 0 Å². The molecule has 46 heavy (non-hydrogen) atoms. The Balaban J connectivity index is 3.83. The lowest BCUT2D eigenvalue weighted by atomic mass is 10.1. The number of hydrogen-bond acceptors (Lipinski definition) is 6. The average molecular weight is 649 g/mol. The summed E-state index contributed by atoms with van der Waals surface area (Å²) in [6.07, 6.45) is 40.2. The van der Waals surface area contributed by atoms with E-state index in [0.29, 0.717) is 12.8 Å². The molecule has 2 atom stereocenters. The molecule has 0 fully saturated rings. The topological polar surface area (TPSA) is 105 Å². The van der Waals surface area contributed by atoms with Crippen LogP contribution in [0.25, 0.3) is 0 Å². The third-order valence-electron chi connectivity index (χ3n) is 8.73. The van der Waals surface area contributed by atoms with E-state index in [1.165, 1.54) is 116 Å². The Kier molecular flexibility index (Phi) is 34.9. The number of nitrogens with two attached hydrogens (primary N) is 2. The number of carbonyl (C=O) groups excluding carboxylic acids is 2. The molecule has 0 saturated heterocycles. The first kappa shape index (κ1) is 44.3. The Hall–Kier alpha value is -1.66. The summed E-state index contributed by atoms with van der Waals surface area (Å²) in [4.78, 5) is 24.8. The van der Waals surface area contributed by atoms with Crippen molar-refractivity contribution in [3.8, 4) is 0 Å². The predicted molar refractivity (Wildman–Crippen MR) is 197 cm³/mol. The van der Waals surface area contributed by atoms with E-state index in [-0.39, 0.29) is 25.0 Å². The van der Waals surface area contributed by atoms with Gasteiger partial charge in [0.2, 0.25) is 0 Å². The van der Waals surface area contributed by atoms with Crippen molar-refractivity contribution in [2.45, 2.75) is 206 Å². The molecule has 6 heteroatoms. The first-order chi connectivity index (χ1) is 22.6. The zero-order chi connectivity index (χ0) is 33.8. The van der Waals surface area contributed by atoms with Crippen LogP contribution < -0.4 is 11.5 Å². The number of hydrogen-bond donors (Lipinski definition) is 2. The van der Waals surface area contributed by atoms with E-state index in [2.05, 4.69) is 38.2 Å². The maximum absolute atomic E-state index is 12.4. The second-order valence-electron chi connectivity index (χ2n) is 13.2. The molecule has 6 nitrogen and oxygen atoms in total. The van der Waals surface area contributed by atoms with Gasteiger partial charge in [0, 0.05) is 25.9 Å². The second kappa shape index (κ2) is 36.2. The zero-order valence-electron chi connectivity index (χ0n) is 30.5. The molecule has 0 aliphatic carbocycles. The molecular weight excluding hydrogens is 572 g/mol. The van der Waals surface area contributed by atoms with Gasteiger partial charge < -0.3 is 20.9 Å². The van der Waals surface area contributed by atoms with Gasteiger partial charge in [-0.2, -0.15) is 0 Å². The van der Waals surface area contributed by atoms with Gasteiger partial charge >= 0.3 is 11.9 Å². The normalized spacial score (nSPS) is 13.0. The standard InChI is InChI=1S/C40H76N2O4/c1-3-5-7-9-11-13-15-17-19-21-23-25-27-29-31-33-39(43)45-37(35-41)38(36-42)46-40(44)34-32-30-28-26-24-22-20-18-16-14-12-10-8-6-4-2/h17-20,37-38H,3-16,21-36,41-42H2,1-2H3/b19-17-,20-18-. The van der Waals surface area contributed by atoms with E-state index in [0.717, 1.165) is 51.4 Å². The average Bonchev–Trinajstić information content (AvgIpc) is 3.06. The van der Waals surface area contributed by atoms with Gasteiger partial charge in [-0.15, -0.1) is 0 Å². The molecule has 0 aromatic heterocycles. The summed E-state index contributed by atoms with van der Waals surface area (Å²) >= 11 is 0. The summed E-state index contributed by atoms with van der Waals surface area (Å²) < 4.78 is 11.1. The molecule has 0 aliphatic heterocycles. The molecule has 0 spiro atoms. The molecule has 0 heterocycles. The highest BCUT2D eigenvalue weighted by Crippen LogP contribution is 2.14. The molecule has 2 unspecified atom stereocenters. The van der Waals surface area contributed by atoms with Crippen molar-refractivity contribution in [3.05, 3.63) is 24.3 Å². The van der Waals surface area contributed by atoms with Crippen molar-refractivity contribution in [2.75, 3.05) is 13.1 Å². The molecule has 0 aromatic carbocycles. The minimum atomic E-state index is -0.696. The molecule has 0 aromatic rings. The molecule has 0 aliphatic rings. The van der Waals surface area contributed by atoms with E-state index in [1.54, 1.807) is 0 Å². The van der Waals surface area contributed by atoms with Crippen LogP contribution in [0.15, 0.2) is 24.3 Å². The summed E-state index contributed by atoms with van der Waals surface area (Å²) in [5, 5.41) is 0. The number of carbonyl (C=O) groups is 2. The van der Waals surface area contributed by atoms with Gasteiger partial charge in [0.15, 0.2) is 12.2 Å². The minimum Gasteiger partial charge on any atom is -0.457 e. The van der Waals surface area contributed by atoms with Crippen LogP contribution in [0.2, 0.25) is 0 Å². The van der Waals surface area contributed by atoms with Gasteiger partial charge in [-0.1, -0.05) is 141 Å². The van der Waals surface area contributed by atoms with Crippen molar-refractivity contribution in [2.24, 2.45) is 11.5 Å². The summed E-state index contributed by atoms with van der Waals surface area (Å²) in [7, 11) is 0. The van der Waals surface area contributed by atoms with Crippen LogP contribution in [-0.4, -0.2) is 37.2 Å². The largest absolute Gasteiger partial charge is 0.457 e. The summed E-state index contributed by atoms with van der Waals surface area (Å²) in [6.45, 7) is 4.69. The number of allylic oxidation sites excluding steroid dienone is 4. The second-order valence-corrected chi connectivity index (χ2v) is 13.2. The van der Waals surface area contributed by atoms with Crippen molar-refractivity contribution >= 4 is 11.9 Å². The lowest BCUT2D eigenvalue weighted by molar-refractivity contribution is -0.166. The third-order valence-corrected chi connectivity index (χ3v) is 8.73. The summed E-state index contributed by atoms with van der Waals surface area (Å²) in [6, 6.07) is 0. The smallest absolute Gasteiger partial charge is 0.306 e. The number of unbranched alkanes of at least 4 members (excludes halogenated alkanes) is 22. The summed E-state index contributed by atoms with van der Waals surface area (Å²) in [5.74, 6) is -0.584. The van der Waals surface area contributed by atoms with Gasteiger partial charge in [0.25, 0.3) is 0 Å². The highest BCUT2D eigenvalue weighted by Gasteiger charge is 2.26. The van der Waals surface area contributed by atoms with E-state index in [4.69, 9.17) is 20.9 Å². The van der Waals surface area contributed by atoms with Gasteiger partial charge in [0.05, 0.1) is 0 Å². The molecule has 0 radical (unpaired) electrons. The molecule has 270 valence electrons. The fourth-order valence-electron chi connectivity index (χ4n) is 5.69. The van der Waals surface area contributed by atoms with Crippen molar-refractivity contribution in [1.82, 2.24) is 0 Å². The number of ether oxygens (including phenoxy) is 2. The first-order valence-corrected chi connectivity index (χ1v) is 19.7. The van der Waals surface area contributed by atoms with Crippen LogP contribution >= 0.6 is 0 Å². The van der Waals surface area contributed by atoms with Crippen LogP contribution in [0.1, 0.15) is 194 Å². The molecule has 0 rings (SSSR count). The first-order valence-electron chi connectivity index (χ1n) is 19.7. The SMILES string of the molecule is CCCCCCCC/C=C\CCCCCCCC(=O)OC(CN)C(CN)OC(=O)CCCCCCC/C=C\CCCCCCCC. The van der Waals surface area contributed by atoms with E-state index in [1.807, 2.05) is 0 Å². The van der Waals surface area contributed by atoms with Gasteiger partial charge in [-0.05, 0) is 64.2 Å². The van der Waals surface area contributed by atoms with Crippen molar-refractivity contribution in [3.63, 3.8) is 0 Å². The molecular formula is C40H76N2O4. The zero-order valence-corrected chi connectivity index (χ0v) is 30.5. The molecule has 4 N–H and O–H groups in total. The fraction of sp³-hybridized carbons (Fsp3) is 0.850. The number of esters is 2. The molecule has 0 saturated carbocycles. The summed E-state index contributed by atoms with van der Waals surface area (Å²) in [5.41, 5.74) is 11.7. The van der Waals surface area contributed by atoms with Gasteiger partial charge in [-0.3, -0.25) is 9.59 Å². The predicted octanol–water partition coefficient (Wildman–Crippen LogP) is 10.8.